The first-order valence-corrected chi connectivity index (χ1v) is 10.4. The summed E-state index contributed by atoms with van der Waals surface area (Å²) in [7, 11) is 1.66. The molecule has 0 amide bonds. The summed E-state index contributed by atoms with van der Waals surface area (Å²) in [6, 6.07) is 7.79. The number of ether oxygens (including phenoxy) is 1. The smallest absolute Gasteiger partial charge is 0.251 e. The van der Waals surface area contributed by atoms with Gasteiger partial charge in [-0.1, -0.05) is 11.2 Å². The van der Waals surface area contributed by atoms with E-state index in [0.29, 0.717) is 43.1 Å². The van der Waals surface area contributed by atoms with Gasteiger partial charge in [0.25, 0.3) is 5.56 Å². The van der Waals surface area contributed by atoms with E-state index in [9.17, 15) is 4.79 Å². The molecule has 0 aliphatic carbocycles. The molecule has 30 heavy (non-hydrogen) atoms. The Balaban J connectivity index is 1.36. The van der Waals surface area contributed by atoms with Crippen LogP contribution >= 0.6 is 0 Å². The van der Waals surface area contributed by atoms with E-state index in [-0.39, 0.29) is 5.56 Å². The minimum atomic E-state index is 0.0780. The lowest BCUT2D eigenvalue weighted by atomic mass is 9.82. The first-order valence-electron chi connectivity index (χ1n) is 10.4. The predicted molar refractivity (Wildman–Crippen MR) is 110 cm³/mol. The first-order chi connectivity index (χ1) is 14.7. The number of hydrogen-bond acceptors (Lipinski definition) is 7. The second-order valence-corrected chi connectivity index (χ2v) is 8.20. The van der Waals surface area contributed by atoms with E-state index >= 15 is 0 Å². The van der Waals surface area contributed by atoms with Gasteiger partial charge in [-0.3, -0.25) is 14.7 Å². The van der Waals surface area contributed by atoms with Crippen LogP contribution in [0.2, 0.25) is 0 Å². The average molecular weight is 407 g/mol. The lowest BCUT2D eigenvalue weighted by Gasteiger charge is -2.42. The molecular weight excluding hydrogens is 382 g/mol. The molecule has 2 bridgehead atoms. The molecule has 1 saturated heterocycles. The van der Waals surface area contributed by atoms with Gasteiger partial charge in [0, 0.05) is 68.8 Å². The predicted octanol–water partition coefficient (Wildman–Crippen LogP) is 2.10. The number of rotatable bonds is 6. The molecule has 3 aromatic rings. The second kappa shape index (κ2) is 8.12. The molecule has 2 aliphatic heterocycles. The van der Waals surface area contributed by atoms with Gasteiger partial charge in [0.05, 0.1) is 13.2 Å². The Hall–Kier alpha value is -2.84. The Morgan fingerprint density at radius 1 is 1.23 bits per heavy atom. The Kier molecular flexibility index (Phi) is 5.18. The molecule has 0 saturated carbocycles. The number of piperidine rings is 1. The van der Waals surface area contributed by atoms with E-state index in [0.717, 1.165) is 42.9 Å². The topological polar surface area (TPSA) is 86.3 Å². The normalized spacial score (nSPS) is 20.8. The van der Waals surface area contributed by atoms with Crippen molar-refractivity contribution in [1.29, 1.82) is 0 Å². The fraction of sp³-hybridized carbons (Fsp3) is 0.455. The molecule has 0 spiro atoms. The van der Waals surface area contributed by atoms with E-state index in [1.165, 1.54) is 0 Å². The number of pyridine rings is 2. The molecule has 2 aliphatic rings. The molecule has 0 N–H and O–H groups in total. The van der Waals surface area contributed by atoms with Gasteiger partial charge >= 0.3 is 0 Å². The third-order valence-corrected chi connectivity index (χ3v) is 6.03. The van der Waals surface area contributed by atoms with Crippen molar-refractivity contribution in [3.8, 4) is 11.1 Å². The van der Waals surface area contributed by atoms with Crippen LogP contribution in [0.4, 0.5) is 0 Å². The molecule has 0 radical (unpaired) electrons. The van der Waals surface area contributed by atoms with Crippen molar-refractivity contribution < 1.29 is 9.26 Å². The van der Waals surface area contributed by atoms with Crippen molar-refractivity contribution in [2.45, 2.75) is 31.8 Å². The fourth-order valence-corrected chi connectivity index (χ4v) is 4.73. The van der Waals surface area contributed by atoms with Crippen molar-refractivity contribution >= 4 is 0 Å². The zero-order chi connectivity index (χ0) is 20.5. The minimum Gasteiger partial charge on any atom is -0.384 e. The summed E-state index contributed by atoms with van der Waals surface area (Å²) in [5.74, 6) is 2.09. The highest BCUT2D eigenvalue weighted by Gasteiger charge is 2.35. The van der Waals surface area contributed by atoms with Crippen LogP contribution in [0.5, 0.6) is 0 Å². The van der Waals surface area contributed by atoms with E-state index in [1.807, 2.05) is 16.7 Å². The Morgan fingerprint density at radius 3 is 3.00 bits per heavy atom. The maximum Gasteiger partial charge on any atom is 0.251 e. The zero-order valence-electron chi connectivity index (χ0n) is 17.0. The highest BCUT2D eigenvalue weighted by Crippen LogP contribution is 2.36. The van der Waals surface area contributed by atoms with Crippen LogP contribution in [0.1, 0.15) is 29.7 Å². The van der Waals surface area contributed by atoms with Gasteiger partial charge in [0.1, 0.15) is 0 Å². The quantitative estimate of drug-likeness (QED) is 0.618. The van der Waals surface area contributed by atoms with Crippen molar-refractivity contribution in [3.63, 3.8) is 0 Å². The van der Waals surface area contributed by atoms with Crippen LogP contribution in [0.25, 0.3) is 11.1 Å². The molecule has 156 valence electrons. The van der Waals surface area contributed by atoms with E-state index in [2.05, 4.69) is 26.1 Å². The highest BCUT2D eigenvalue weighted by molar-refractivity contribution is 5.62. The summed E-state index contributed by atoms with van der Waals surface area (Å²) in [4.78, 5) is 23.9. The molecular formula is C22H25N5O3. The molecule has 5 heterocycles. The largest absolute Gasteiger partial charge is 0.384 e. The summed E-state index contributed by atoms with van der Waals surface area (Å²) in [5, 5.41) is 4.04. The van der Waals surface area contributed by atoms with Gasteiger partial charge in [-0.2, -0.15) is 4.98 Å². The first kappa shape index (κ1) is 19.1. The highest BCUT2D eigenvalue weighted by atomic mass is 16.5. The van der Waals surface area contributed by atoms with Gasteiger partial charge in [0.15, 0.2) is 5.82 Å². The van der Waals surface area contributed by atoms with Gasteiger partial charge < -0.3 is 13.8 Å². The lowest BCUT2D eigenvalue weighted by molar-refractivity contribution is 0.104. The second-order valence-electron chi connectivity index (χ2n) is 8.20. The summed E-state index contributed by atoms with van der Waals surface area (Å²) < 4.78 is 12.5. The molecule has 2 atom stereocenters. The van der Waals surface area contributed by atoms with E-state index in [1.54, 1.807) is 25.6 Å². The molecule has 8 heteroatoms. The van der Waals surface area contributed by atoms with Crippen LogP contribution in [0, 0.1) is 5.92 Å². The van der Waals surface area contributed by atoms with Gasteiger partial charge in [-0.15, -0.1) is 0 Å². The van der Waals surface area contributed by atoms with Crippen LogP contribution < -0.4 is 5.56 Å². The van der Waals surface area contributed by atoms with Gasteiger partial charge in [0.2, 0.25) is 5.89 Å². The number of aromatic nitrogens is 4. The fourth-order valence-electron chi connectivity index (χ4n) is 4.73. The van der Waals surface area contributed by atoms with E-state index < -0.39 is 0 Å². The zero-order valence-corrected chi connectivity index (χ0v) is 17.0. The monoisotopic (exact) mass is 407 g/mol. The lowest BCUT2D eigenvalue weighted by Crippen LogP contribution is -2.46. The summed E-state index contributed by atoms with van der Waals surface area (Å²) in [6.45, 7) is 3.79. The third-order valence-electron chi connectivity index (χ3n) is 6.03. The maximum absolute atomic E-state index is 12.8. The Morgan fingerprint density at radius 2 is 2.17 bits per heavy atom. The Labute approximate surface area is 174 Å². The molecule has 1 fully saturated rings. The van der Waals surface area contributed by atoms with Crippen LogP contribution in [-0.4, -0.2) is 51.4 Å². The van der Waals surface area contributed by atoms with Gasteiger partial charge in [-0.05, 0) is 30.0 Å². The summed E-state index contributed by atoms with van der Waals surface area (Å²) >= 11 is 0. The summed E-state index contributed by atoms with van der Waals surface area (Å²) in [6.07, 6.45) is 5.31. The van der Waals surface area contributed by atoms with Crippen molar-refractivity contribution in [1.82, 2.24) is 24.6 Å². The van der Waals surface area contributed by atoms with Crippen molar-refractivity contribution in [2.24, 2.45) is 5.92 Å². The number of hydrogen-bond donors (Lipinski definition) is 0. The number of fused-ring (bicyclic) bond motifs is 4. The average Bonchev–Trinajstić information content (AvgIpc) is 3.20. The van der Waals surface area contributed by atoms with Crippen LogP contribution in [0.15, 0.2) is 46.0 Å². The van der Waals surface area contributed by atoms with Crippen molar-refractivity contribution in [3.05, 3.63) is 64.4 Å². The summed E-state index contributed by atoms with van der Waals surface area (Å²) in [5.41, 5.74) is 3.11. The minimum absolute atomic E-state index is 0.0780. The molecule has 0 aromatic carbocycles. The SMILES string of the molecule is COCCc1noc(CN2C[C@@H]3C[C@H](C2)c2cc(-c4cccnc4)cc(=O)n2C3)n1. The molecule has 0 unspecified atom stereocenters. The number of likely N-dealkylation sites (tertiary alicyclic amines) is 1. The third kappa shape index (κ3) is 3.80. The number of methoxy groups -OCH3 is 1. The van der Waals surface area contributed by atoms with Gasteiger partial charge in [-0.25, -0.2) is 0 Å². The Bertz CT molecular complexity index is 1080. The standard InChI is InChI=1S/C22H25N5O3/c1-29-6-4-20-24-21(30-25-20)14-26-11-15-7-18(13-26)19-8-17(9-22(28)27(19)12-15)16-3-2-5-23-10-16/h2-3,5,8-10,15,18H,4,6-7,11-14H2,1H3/t15-,18+/m0/s1. The molecule has 8 nitrogen and oxygen atoms in total. The van der Waals surface area contributed by atoms with Crippen LogP contribution in [-0.2, 0) is 24.2 Å². The van der Waals surface area contributed by atoms with Crippen LogP contribution in [0.3, 0.4) is 0 Å². The van der Waals surface area contributed by atoms with Crippen molar-refractivity contribution in [2.75, 3.05) is 26.8 Å². The molecule has 3 aromatic heterocycles. The maximum atomic E-state index is 12.8. The molecule has 5 rings (SSSR count). The number of nitrogens with zero attached hydrogens (tertiary/aromatic N) is 5. The van der Waals surface area contributed by atoms with E-state index in [4.69, 9.17) is 9.26 Å².